The summed E-state index contributed by atoms with van der Waals surface area (Å²) in [5.74, 6) is 0. The second-order valence-corrected chi connectivity index (χ2v) is 9.97. The lowest BCUT2D eigenvalue weighted by atomic mass is 10.1. The average molecular weight is 307 g/mol. The molecule has 0 bridgehead atoms. The molecular weight excluding hydrogens is 292 g/mol. The first-order valence-electron chi connectivity index (χ1n) is 7.17. The summed E-state index contributed by atoms with van der Waals surface area (Å²) in [5, 5.41) is 5.16. The maximum atomic E-state index is 6.63. The molecule has 1 heterocycles. The van der Waals surface area contributed by atoms with Gasteiger partial charge in [-0.3, -0.25) is 0 Å². The van der Waals surface area contributed by atoms with Gasteiger partial charge in [0.05, 0.1) is 0 Å². The predicted octanol–water partition coefficient (Wildman–Crippen LogP) is 3.42. The van der Waals surface area contributed by atoms with Crippen LogP contribution in [-0.2, 0) is 0 Å². The van der Waals surface area contributed by atoms with E-state index in [0.29, 0.717) is 0 Å². The molecule has 21 heavy (non-hydrogen) atoms. The Morgan fingerprint density at radius 3 is 2.19 bits per heavy atom. The zero-order valence-corrected chi connectivity index (χ0v) is 13.6. The lowest BCUT2D eigenvalue weighted by Crippen LogP contribution is -2.62. The molecule has 1 aliphatic heterocycles. The van der Waals surface area contributed by atoms with Crippen molar-refractivity contribution in [1.82, 2.24) is 0 Å². The fraction of sp³-hybridized carbons (Fsp3) is 0.0526. The van der Waals surface area contributed by atoms with Crippen LogP contribution in [0, 0.1) is 0 Å². The summed E-state index contributed by atoms with van der Waals surface area (Å²) >= 11 is 6.63. The highest BCUT2D eigenvalue weighted by molar-refractivity contribution is 7.14. The Balaban J connectivity index is 2.13. The van der Waals surface area contributed by atoms with E-state index in [9.17, 15) is 0 Å². The summed E-state index contributed by atoms with van der Waals surface area (Å²) in [4.78, 5) is 0. The van der Waals surface area contributed by atoms with Crippen molar-refractivity contribution in [1.29, 1.82) is 0 Å². The summed E-state index contributed by atoms with van der Waals surface area (Å²) < 4.78 is 0. The van der Waals surface area contributed by atoms with Crippen LogP contribution in [-0.4, -0.2) is 8.07 Å². The zero-order chi connectivity index (χ0) is 14.4. The minimum atomic E-state index is -1.98. The van der Waals surface area contributed by atoms with Crippen molar-refractivity contribution < 1.29 is 0 Å². The van der Waals surface area contributed by atoms with Crippen molar-refractivity contribution in [2.75, 3.05) is 0 Å². The molecule has 0 N–H and O–H groups in total. The van der Waals surface area contributed by atoms with Crippen molar-refractivity contribution in [3.63, 3.8) is 0 Å². The quantitative estimate of drug-likeness (QED) is 0.604. The minimum absolute atomic E-state index is 0.904. The third-order valence-corrected chi connectivity index (χ3v) is 9.63. The number of hydrogen-bond acceptors (Lipinski definition) is 0. The molecule has 0 saturated heterocycles. The molecule has 0 aliphatic carbocycles. The lowest BCUT2D eigenvalue weighted by molar-refractivity contribution is 1.71. The Labute approximate surface area is 131 Å². The normalized spacial score (nSPS) is 19.1. The monoisotopic (exact) mass is 306 g/mol. The summed E-state index contributed by atoms with van der Waals surface area (Å²) in [6, 6.07) is 25.9. The molecular formula is C19H15ClSi. The van der Waals surface area contributed by atoms with Crippen LogP contribution >= 0.6 is 11.6 Å². The molecule has 0 spiro atoms. The molecule has 0 nitrogen and oxygen atoms in total. The number of fused-ring (bicyclic) bond motifs is 3. The van der Waals surface area contributed by atoms with Gasteiger partial charge in [-0.05, 0) is 32.8 Å². The molecule has 0 fully saturated rings. The van der Waals surface area contributed by atoms with Crippen LogP contribution in [0.15, 0.2) is 72.8 Å². The maximum Gasteiger partial charge on any atom is 0.148 e. The van der Waals surface area contributed by atoms with Gasteiger partial charge in [0.1, 0.15) is 8.07 Å². The standard InChI is InChI=1S/C19H15ClSi/c1-21(14-8-3-2-4-9-14)18-13-6-5-10-15(18)16-11-7-12-17(20)19(16)21/h2-13H,1H3/t21-/m0/s1. The van der Waals surface area contributed by atoms with E-state index >= 15 is 0 Å². The molecule has 4 rings (SSSR count). The van der Waals surface area contributed by atoms with E-state index in [1.165, 1.54) is 26.7 Å². The first-order valence-corrected chi connectivity index (χ1v) is 10.0. The topological polar surface area (TPSA) is 0 Å². The van der Waals surface area contributed by atoms with Crippen molar-refractivity contribution in [2.45, 2.75) is 6.55 Å². The highest BCUT2D eigenvalue weighted by atomic mass is 35.5. The summed E-state index contributed by atoms with van der Waals surface area (Å²) in [5.41, 5.74) is 2.67. The van der Waals surface area contributed by atoms with Crippen molar-refractivity contribution in [3.05, 3.63) is 77.8 Å². The van der Waals surface area contributed by atoms with Crippen LogP contribution < -0.4 is 15.6 Å². The van der Waals surface area contributed by atoms with Gasteiger partial charge in [0.2, 0.25) is 0 Å². The molecule has 3 aromatic carbocycles. The van der Waals surface area contributed by atoms with Crippen LogP contribution in [0.25, 0.3) is 11.1 Å². The summed E-state index contributed by atoms with van der Waals surface area (Å²) in [7, 11) is -1.98. The molecule has 2 heteroatoms. The van der Waals surface area contributed by atoms with Gasteiger partial charge in [-0.25, -0.2) is 0 Å². The van der Waals surface area contributed by atoms with Crippen molar-refractivity contribution >= 4 is 35.2 Å². The van der Waals surface area contributed by atoms with Gasteiger partial charge in [0.15, 0.2) is 0 Å². The fourth-order valence-electron chi connectivity index (χ4n) is 3.62. The molecule has 3 aromatic rings. The smallest absolute Gasteiger partial charge is 0.0844 e. The first kappa shape index (κ1) is 12.9. The largest absolute Gasteiger partial charge is 0.148 e. The van der Waals surface area contributed by atoms with Gasteiger partial charge in [0.25, 0.3) is 0 Å². The second-order valence-electron chi connectivity index (χ2n) is 5.70. The highest BCUT2D eigenvalue weighted by Gasteiger charge is 2.44. The first-order chi connectivity index (χ1) is 10.2. The van der Waals surface area contributed by atoms with E-state index < -0.39 is 8.07 Å². The Bertz CT molecular complexity index is 826. The molecule has 0 radical (unpaired) electrons. The highest BCUT2D eigenvalue weighted by Crippen LogP contribution is 2.30. The van der Waals surface area contributed by atoms with E-state index in [1.54, 1.807) is 0 Å². The minimum Gasteiger partial charge on any atom is -0.0844 e. The number of benzene rings is 3. The molecule has 1 atom stereocenters. The maximum absolute atomic E-state index is 6.63. The third-order valence-electron chi connectivity index (χ3n) is 4.62. The molecule has 102 valence electrons. The number of halogens is 1. The predicted molar refractivity (Wildman–Crippen MR) is 93.9 cm³/mol. The SMILES string of the molecule is C[Si@]1(c2ccccc2)c2ccccc2-c2cccc(Cl)c21. The number of hydrogen-bond donors (Lipinski definition) is 0. The second kappa shape index (κ2) is 4.59. The van der Waals surface area contributed by atoms with Gasteiger partial charge in [-0.1, -0.05) is 84.9 Å². The van der Waals surface area contributed by atoms with Crippen LogP contribution in [0.4, 0.5) is 0 Å². The van der Waals surface area contributed by atoms with Crippen LogP contribution in [0.3, 0.4) is 0 Å². The van der Waals surface area contributed by atoms with Gasteiger partial charge >= 0.3 is 0 Å². The van der Waals surface area contributed by atoms with Gasteiger partial charge in [-0.2, -0.15) is 0 Å². The lowest BCUT2D eigenvalue weighted by Gasteiger charge is -2.26. The molecule has 0 saturated carbocycles. The molecule has 0 amide bonds. The van der Waals surface area contributed by atoms with Gasteiger partial charge in [0, 0.05) is 5.02 Å². The Morgan fingerprint density at radius 1 is 0.714 bits per heavy atom. The van der Waals surface area contributed by atoms with E-state index in [0.717, 1.165) is 5.02 Å². The third kappa shape index (κ3) is 1.68. The Kier molecular flexibility index (Phi) is 2.81. The molecule has 0 aromatic heterocycles. The van der Waals surface area contributed by atoms with Gasteiger partial charge in [-0.15, -0.1) is 0 Å². The molecule has 0 unspecified atom stereocenters. The van der Waals surface area contributed by atoms with Gasteiger partial charge < -0.3 is 0 Å². The summed E-state index contributed by atoms with van der Waals surface area (Å²) in [6.07, 6.45) is 0. The fourth-order valence-corrected chi connectivity index (χ4v) is 8.59. The van der Waals surface area contributed by atoms with Crippen LogP contribution in [0.1, 0.15) is 0 Å². The van der Waals surface area contributed by atoms with Crippen LogP contribution in [0.2, 0.25) is 11.6 Å². The molecule has 1 aliphatic rings. The van der Waals surface area contributed by atoms with E-state index in [-0.39, 0.29) is 0 Å². The average Bonchev–Trinajstić information content (AvgIpc) is 2.81. The Hall–Kier alpha value is -1.83. The van der Waals surface area contributed by atoms with E-state index in [4.69, 9.17) is 11.6 Å². The van der Waals surface area contributed by atoms with Crippen molar-refractivity contribution in [3.8, 4) is 11.1 Å². The number of rotatable bonds is 1. The Morgan fingerprint density at radius 2 is 1.38 bits per heavy atom. The zero-order valence-electron chi connectivity index (χ0n) is 11.8. The van der Waals surface area contributed by atoms with Crippen LogP contribution in [0.5, 0.6) is 0 Å². The summed E-state index contributed by atoms with van der Waals surface area (Å²) in [6.45, 7) is 2.42. The van der Waals surface area contributed by atoms with E-state index in [2.05, 4.69) is 73.3 Å². The van der Waals surface area contributed by atoms with Crippen molar-refractivity contribution in [2.24, 2.45) is 0 Å². The van der Waals surface area contributed by atoms with E-state index in [1.807, 2.05) is 6.07 Å².